The Bertz CT molecular complexity index is 353. The van der Waals surface area contributed by atoms with Gasteiger partial charge in [-0.25, -0.2) is 0 Å². The molecular formula is C15H28N2O2S2. The maximum atomic E-state index is 12.3. The van der Waals surface area contributed by atoms with Crippen LogP contribution in [0.1, 0.15) is 52.4 Å². The molecule has 1 fully saturated rings. The lowest BCUT2D eigenvalue weighted by Crippen LogP contribution is -2.30. The van der Waals surface area contributed by atoms with E-state index in [-0.39, 0.29) is 17.1 Å². The van der Waals surface area contributed by atoms with Gasteiger partial charge in [0.2, 0.25) is 11.8 Å². The first kappa shape index (κ1) is 18.7. The third-order valence-electron chi connectivity index (χ3n) is 3.94. The average molecular weight is 333 g/mol. The van der Waals surface area contributed by atoms with E-state index < -0.39 is 0 Å². The summed E-state index contributed by atoms with van der Waals surface area (Å²) in [7, 11) is 0. The molecule has 0 aromatic rings. The van der Waals surface area contributed by atoms with Crippen molar-refractivity contribution in [3.8, 4) is 0 Å². The Hall–Kier alpha value is -0.360. The van der Waals surface area contributed by atoms with Gasteiger partial charge < -0.3 is 10.6 Å². The van der Waals surface area contributed by atoms with Crippen molar-refractivity contribution in [2.75, 3.05) is 13.1 Å². The number of amides is 2. The number of carbonyl (C=O) groups is 2. The van der Waals surface area contributed by atoms with Crippen molar-refractivity contribution < 1.29 is 9.59 Å². The number of hydrogen-bond donors (Lipinski definition) is 2. The van der Waals surface area contributed by atoms with Crippen LogP contribution in [0.2, 0.25) is 0 Å². The largest absolute Gasteiger partial charge is 0.370 e. The van der Waals surface area contributed by atoms with Crippen LogP contribution in [0.3, 0.4) is 0 Å². The van der Waals surface area contributed by atoms with Gasteiger partial charge in [0.05, 0.1) is 5.25 Å². The highest BCUT2D eigenvalue weighted by Gasteiger charge is 2.33. The zero-order chi connectivity index (χ0) is 15.8. The number of thioether (sulfide) groups is 1. The van der Waals surface area contributed by atoms with Crippen LogP contribution in [0.5, 0.6) is 0 Å². The molecule has 0 aromatic carbocycles. The third kappa shape index (κ3) is 6.51. The van der Waals surface area contributed by atoms with Crippen molar-refractivity contribution in [3.63, 3.8) is 0 Å². The summed E-state index contributed by atoms with van der Waals surface area (Å²) < 4.78 is 0. The maximum absolute atomic E-state index is 12.3. The predicted molar refractivity (Wildman–Crippen MR) is 92.8 cm³/mol. The van der Waals surface area contributed by atoms with Crippen LogP contribution in [0, 0.1) is 0 Å². The van der Waals surface area contributed by atoms with Crippen LogP contribution in [0.4, 0.5) is 0 Å². The third-order valence-corrected chi connectivity index (χ3v) is 6.48. The molecule has 1 saturated heterocycles. The van der Waals surface area contributed by atoms with Crippen molar-refractivity contribution in [2.45, 2.75) is 68.1 Å². The number of primary amides is 1. The lowest BCUT2D eigenvalue weighted by atomic mass is 10.2. The Balaban J connectivity index is 2.25. The molecule has 122 valence electrons. The molecule has 1 aliphatic rings. The van der Waals surface area contributed by atoms with Gasteiger partial charge in [-0.1, -0.05) is 20.3 Å². The second-order valence-corrected chi connectivity index (χ2v) is 7.94. The van der Waals surface area contributed by atoms with Gasteiger partial charge in [-0.3, -0.25) is 9.59 Å². The molecule has 0 radical (unpaired) electrons. The lowest BCUT2D eigenvalue weighted by Gasteiger charge is -2.21. The molecule has 0 spiro atoms. The molecule has 6 heteroatoms. The number of nitrogens with two attached hydrogens (primary N) is 1. The highest BCUT2D eigenvalue weighted by atomic mass is 32.2. The van der Waals surface area contributed by atoms with E-state index in [0.717, 1.165) is 45.2 Å². The van der Waals surface area contributed by atoms with Gasteiger partial charge >= 0.3 is 0 Å². The maximum Gasteiger partial charge on any atom is 0.235 e. The minimum atomic E-state index is -0.241. The van der Waals surface area contributed by atoms with Gasteiger partial charge in [0.1, 0.15) is 0 Å². The molecule has 2 amide bonds. The summed E-state index contributed by atoms with van der Waals surface area (Å²) in [4.78, 5) is 24.9. The van der Waals surface area contributed by atoms with E-state index in [2.05, 4.69) is 26.5 Å². The highest BCUT2D eigenvalue weighted by Crippen LogP contribution is 2.31. The standard InChI is InChI=1S/C15H28N2O2S2/c1-3-12(20)11(2)21-13-8-10-17(15(13)19)9-6-4-5-7-14(16)18/h11-13,20H,3-10H2,1-2H3,(H2,16,18). The van der Waals surface area contributed by atoms with Gasteiger partial charge in [0.25, 0.3) is 0 Å². The monoisotopic (exact) mass is 332 g/mol. The summed E-state index contributed by atoms with van der Waals surface area (Å²) in [5, 5.41) is 0.861. The number of unbranched alkanes of at least 4 members (excludes halogenated alkanes) is 2. The van der Waals surface area contributed by atoms with E-state index in [1.54, 1.807) is 11.8 Å². The summed E-state index contributed by atoms with van der Waals surface area (Å²) >= 11 is 6.33. The quantitative estimate of drug-likeness (QED) is 0.477. The fraction of sp³-hybridized carbons (Fsp3) is 0.867. The van der Waals surface area contributed by atoms with Crippen molar-refractivity contribution in [3.05, 3.63) is 0 Å². The molecule has 1 aliphatic heterocycles. The van der Waals surface area contributed by atoms with E-state index in [1.807, 2.05) is 4.90 Å². The highest BCUT2D eigenvalue weighted by molar-refractivity contribution is 8.01. The molecule has 4 nitrogen and oxygen atoms in total. The zero-order valence-corrected chi connectivity index (χ0v) is 14.8. The van der Waals surface area contributed by atoms with Crippen LogP contribution in [-0.4, -0.2) is 45.6 Å². The molecule has 21 heavy (non-hydrogen) atoms. The number of thiol groups is 1. The molecule has 3 atom stereocenters. The summed E-state index contributed by atoms with van der Waals surface area (Å²) in [6.45, 7) is 5.96. The molecule has 0 aliphatic carbocycles. The van der Waals surface area contributed by atoms with Gasteiger partial charge in [-0.05, 0) is 25.7 Å². The average Bonchev–Trinajstić information content (AvgIpc) is 2.78. The second-order valence-electron chi connectivity index (χ2n) is 5.70. The van der Waals surface area contributed by atoms with E-state index in [0.29, 0.717) is 16.9 Å². The Morgan fingerprint density at radius 2 is 2.19 bits per heavy atom. The molecule has 1 rings (SSSR count). The van der Waals surface area contributed by atoms with E-state index in [1.165, 1.54) is 0 Å². The van der Waals surface area contributed by atoms with Crippen LogP contribution in [-0.2, 0) is 9.59 Å². The second kappa shape index (κ2) is 9.62. The number of nitrogens with zero attached hydrogens (tertiary/aromatic N) is 1. The zero-order valence-electron chi connectivity index (χ0n) is 13.1. The van der Waals surface area contributed by atoms with Crippen molar-refractivity contribution >= 4 is 36.2 Å². The number of likely N-dealkylation sites (tertiary alicyclic amines) is 1. The molecule has 2 N–H and O–H groups in total. The number of hydrogen-bond acceptors (Lipinski definition) is 4. The van der Waals surface area contributed by atoms with Crippen LogP contribution in [0.15, 0.2) is 0 Å². The SMILES string of the molecule is CCC(S)C(C)SC1CCN(CCCCCC(N)=O)C1=O. The minimum Gasteiger partial charge on any atom is -0.370 e. The van der Waals surface area contributed by atoms with Gasteiger partial charge in [-0.2, -0.15) is 12.6 Å². The lowest BCUT2D eigenvalue weighted by molar-refractivity contribution is -0.127. The van der Waals surface area contributed by atoms with Crippen LogP contribution < -0.4 is 5.73 Å². The Kier molecular flexibility index (Phi) is 8.56. The summed E-state index contributed by atoms with van der Waals surface area (Å²) in [5.41, 5.74) is 5.11. The van der Waals surface area contributed by atoms with Crippen molar-refractivity contribution in [1.82, 2.24) is 4.90 Å². The fourth-order valence-corrected chi connectivity index (χ4v) is 4.13. The van der Waals surface area contributed by atoms with E-state index in [4.69, 9.17) is 5.73 Å². The summed E-state index contributed by atoms with van der Waals surface area (Å²) in [6.07, 6.45) is 5.15. The fourth-order valence-electron chi connectivity index (χ4n) is 2.52. The minimum absolute atomic E-state index is 0.104. The molecule has 3 unspecified atom stereocenters. The van der Waals surface area contributed by atoms with Gasteiger partial charge in [0, 0.05) is 30.0 Å². The van der Waals surface area contributed by atoms with Gasteiger partial charge in [-0.15, -0.1) is 11.8 Å². The molecule has 1 heterocycles. The van der Waals surface area contributed by atoms with E-state index >= 15 is 0 Å². The molecule has 0 saturated carbocycles. The van der Waals surface area contributed by atoms with Crippen molar-refractivity contribution in [2.24, 2.45) is 5.73 Å². The summed E-state index contributed by atoms with van der Waals surface area (Å²) in [5.74, 6) is 0.0355. The Morgan fingerprint density at radius 3 is 2.81 bits per heavy atom. The van der Waals surface area contributed by atoms with Crippen LogP contribution >= 0.6 is 24.4 Å². The summed E-state index contributed by atoms with van der Waals surface area (Å²) in [6, 6.07) is 0. The first-order valence-corrected chi connectivity index (χ1v) is 9.32. The molecule has 0 bridgehead atoms. The molecule has 0 aromatic heterocycles. The topological polar surface area (TPSA) is 63.4 Å². The first-order chi connectivity index (χ1) is 9.95. The number of rotatable bonds is 10. The van der Waals surface area contributed by atoms with Crippen LogP contribution in [0.25, 0.3) is 0 Å². The Morgan fingerprint density at radius 1 is 1.48 bits per heavy atom. The first-order valence-electron chi connectivity index (χ1n) is 7.86. The molecular weight excluding hydrogens is 304 g/mol. The van der Waals surface area contributed by atoms with Gasteiger partial charge in [0.15, 0.2) is 0 Å². The van der Waals surface area contributed by atoms with E-state index in [9.17, 15) is 9.59 Å². The normalized spacial score (nSPS) is 21.6. The Labute approximate surface area is 138 Å². The number of carbonyl (C=O) groups excluding carboxylic acids is 2. The van der Waals surface area contributed by atoms with Crippen molar-refractivity contribution in [1.29, 1.82) is 0 Å². The smallest absolute Gasteiger partial charge is 0.235 e. The predicted octanol–water partition coefficient (Wildman–Crippen LogP) is 2.46.